The predicted octanol–water partition coefficient (Wildman–Crippen LogP) is 4.25. The first-order chi connectivity index (χ1) is 9.61. The number of aromatic nitrogens is 1. The van der Waals surface area contributed by atoms with Crippen LogP contribution in [-0.2, 0) is 6.54 Å². The molecule has 0 spiro atoms. The summed E-state index contributed by atoms with van der Waals surface area (Å²) in [6.07, 6.45) is 1.71. The van der Waals surface area contributed by atoms with Crippen LogP contribution < -0.4 is 10.1 Å². The van der Waals surface area contributed by atoms with Crippen LogP contribution in [0.1, 0.15) is 24.1 Å². The number of halogens is 2. The van der Waals surface area contributed by atoms with Gasteiger partial charge in [0.1, 0.15) is 0 Å². The summed E-state index contributed by atoms with van der Waals surface area (Å²) in [5.74, 6) is 0.629. The van der Waals surface area contributed by atoms with Crippen molar-refractivity contribution in [2.24, 2.45) is 0 Å². The SMILES string of the molecule is COc1ncccc1CNC(C)c1cc(Cl)ccc1Cl. The predicted molar refractivity (Wildman–Crippen MR) is 82.5 cm³/mol. The third-order valence-corrected chi connectivity index (χ3v) is 3.65. The van der Waals surface area contributed by atoms with Crippen LogP contribution in [0.4, 0.5) is 0 Å². The van der Waals surface area contributed by atoms with Gasteiger partial charge in [0.2, 0.25) is 5.88 Å². The van der Waals surface area contributed by atoms with Crippen LogP contribution in [0.5, 0.6) is 5.88 Å². The minimum absolute atomic E-state index is 0.0751. The lowest BCUT2D eigenvalue weighted by molar-refractivity contribution is 0.389. The number of ether oxygens (including phenoxy) is 1. The van der Waals surface area contributed by atoms with Gasteiger partial charge in [-0.25, -0.2) is 4.98 Å². The zero-order valence-corrected chi connectivity index (χ0v) is 12.9. The molecule has 3 nitrogen and oxygen atoms in total. The molecular weight excluding hydrogens is 295 g/mol. The van der Waals surface area contributed by atoms with Crippen LogP contribution in [-0.4, -0.2) is 12.1 Å². The van der Waals surface area contributed by atoms with Crippen molar-refractivity contribution in [3.63, 3.8) is 0 Å². The summed E-state index contributed by atoms with van der Waals surface area (Å²) in [6.45, 7) is 2.68. The Labute approximate surface area is 128 Å². The number of rotatable bonds is 5. The molecule has 0 aliphatic heterocycles. The molecule has 0 radical (unpaired) electrons. The highest BCUT2D eigenvalue weighted by Gasteiger charge is 2.11. The highest BCUT2D eigenvalue weighted by molar-refractivity contribution is 6.33. The fourth-order valence-corrected chi connectivity index (χ4v) is 2.42. The van der Waals surface area contributed by atoms with E-state index in [9.17, 15) is 0 Å². The standard InChI is InChI=1S/C15H16Cl2N2O/c1-10(13-8-12(16)5-6-14(13)17)19-9-11-4-3-7-18-15(11)20-2/h3-8,10,19H,9H2,1-2H3. The van der Waals surface area contributed by atoms with E-state index in [4.69, 9.17) is 27.9 Å². The van der Waals surface area contributed by atoms with E-state index in [-0.39, 0.29) is 6.04 Å². The van der Waals surface area contributed by atoms with Crippen molar-refractivity contribution >= 4 is 23.2 Å². The normalized spacial score (nSPS) is 12.2. The second-order valence-electron chi connectivity index (χ2n) is 4.44. The largest absolute Gasteiger partial charge is 0.481 e. The van der Waals surface area contributed by atoms with Gasteiger partial charge in [-0.1, -0.05) is 29.3 Å². The molecule has 0 fully saturated rings. The van der Waals surface area contributed by atoms with Crippen LogP contribution in [0, 0.1) is 0 Å². The van der Waals surface area contributed by atoms with Crippen LogP contribution in [0.3, 0.4) is 0 Å². The summed E-state index contributed by atoms with van der Waals surface area (Å²) in [5.41, 5.74) is 1.97. The number of nitrogens with zero attached hydrogens (tertiary/aromatic N) is 1. The number of hydrogen-bond acceptors (Lipinski definition) is 3. The van der Waals surface area contributed by atoms with E-state index in [2.05, 4.69) is 10.3 Å². The molecule has 0 amide bonds. The summed E-state index contributed by atoms with van der Waals surface area (Å²) in [6, 6.07) is 9.40. The van der Waals surface area contributed by atoms with Crippen molar-refractivity contribution in [2.75, 3.05) is 7.11 Å². The highest BCUT2D eigenvalue weighted by Crippen LogP contribution is 2.26. The van der Waals surface area contributed by atoms with Gasteiger partial charge in [-0.05, 0) is 36.8 Å². The minimum atomic E-state index is 0.0751. The molecule has 1 N–H and O–H groups in total. The van der Waals surface area contributed by atoms with Gasteiger partial charge in [0.05, 0.1) is 7.11 Å². The Bertz CT molecular complexity index is 590. The second kappa shape index (κ2) is 6.93. The number of methoxy groups -OCH3 is 1. The van der Waals surface area contributed by atoms with Crippen molar-refractivity contribution in [3.8, 4) is 5.88 Å². The molecule has 2 rings (SSSR count). The first-order valence-corrected chi connectivity index (χ1v) is 7.03. The van der Waals surface area contributed by atoms with Gasteiger partial charge in [0.15, 0.2) is 0 Å². The van der Waals surface area contributed by atoms with E-state index in [0.717, 1.165) is 11.1 Å². The van der Waals surface area contributed by atoms with E-state index in [1.54, 1.807) is 19.4 Å². The first-order valence-electron chi connectivity index (χ1n) is 6.28. The molecule has 1 aromatic carbocycles. The summed E-state index contributed by atoms with van der Waals surface area (Å²) >= 11 is 12.2. The third kappa shape index (κ3) is 3.63. The molecule has 0 saturated heterocycles. The van der Waals surface area contributed by atoms with Crippen molar-refractivity contribution in [2.45, 2.75) is 19.5 Å². The molecule has 20 heavy (non-hydrogen) atoms. The van der Waals surface area contributed by atoms with Crippen LogP contribution in [0.15, 0.2) is 36.5 Å². The number of nitrogens with one attached hydrogen (secondary N) is 1. The molecular formula is C15H16Cl2N2O. The summed E-state index contributed by atoms with van der Waals surface area (Å²) in [4.78, 5) is 4.17. The van der Waals surface area contributed by atoms with Gasteiger partial charge in [0.25, 0.3) is 0 Å². The minimum Gasteiger partial charge on any atom is -0.481 e. The van der Waals surface area contributed by atoms with Gasteiger partial charge >= 0.3 is 0 Å². The van der Waals surface area contributed by atoms with Crippen molar-refractivity contribution in [3.05, 3.63) is 57.7 Å². The molecule has 1 aromatic heterocycles. The molecule has 2 aromatic rings. The fraction of sp³-hybridized carbons (Fsp3) is 0.267. The lowest BCUT2D eigenvalue weighted by atomic mass is 10.1. The zero-order valence-electron chi connectivity index (χ0n) is 11.4. The first kappa shape index (κ1) is 15.1. The van der Waals surface area contributed by atoms with Crippen LogP contribution in [0.2, 0.25) is 10.0 Å². The van der Waals surface area contributed by atoms with Crippen molar-refractivity contribution < 1.29 is 4.74 Å². The molecule has 5 heteroatoms. The number of hydrogen-bond donors (Lipinski definition) is 1. The van der Waals surface area contributed by atoms with E-state index >= 15 is 0 Å². The maximum atomic E-state index is 6.20. The Hall–Kier alpha value is -1.29. The Morgan fingerprint density at radius 3 is 2.85 bits per heavy atom. The quantitative estimate of drug-likeness (QED) is 0.896. The summed E-state index contributed by atoms with van der Waals surface area (Å²) in [7, 11) is 1.61. The molecule has 1 atom stereocenters. The second-order valence-corrected chi connectivity index (χ2v) is 5.28. The van der Waals surface area contributed by atoms with Crippen LogP contribution >= 0.6 is 23.2 Å². The monoisotopic (exact) mass is 310 g/mol. The lowest BCUT2D eigenvalue weighted by Crippen LogP contribution is -2.19. The molecule has 0 saturated carbocycles. The fourth-order valence-electron chi connectivity index (χ4n) is 1.96. The van der Waals surface area contributed by atoms with Gasteiger partial charge < -0.3 is 10.1 Å². The molecule has 1 unspecified atom stereocenters. The van der Waals surface area contributed by atoms with E-state index in [0.29, 0.717) is 22.5 Å². The van der Waals surface area contributed by atoms with Gasteiger partial charge in [-0.3, -0.25) is 0 Å². The Balaban J connectivity index is 2.08. The topological polar surface area (TPSA) is 34.1 Å². The third-order valence-electron chi connectivity index (χ3n) is 3.07. The summed E-state index contributed by atoms with van der Waals surface area (Å²) in [5, 5.41) is 4.77. The van der Waals surface area contributed by atoms with E-state index < -0.39 is 0 Å². The molecule has 0 aliphatic carbocycles. The number of benzene rings is 1. The van der Waals surface area contributed by atoms with Crippen molar-refractivity contribution in [1.82, 2.24) is 10.3 Å². The molecule has 0 aliphatic rings. The average Bonchev–Trinajstić information content (AvgIpc) is 2.47. The van der Waals surface area contributed by atoms with E-state index in [1.807, 2.05) is 31.2 Å². The molecule has 106 valence electrons. The lowest BCUT2D eigenvalue weighted by Gasteiger charge is -2.17. The van der Waals surface area contributed by atoms with Gasteiger partial charge in [-0.15, -0.1) is 0 Å². The average molecular weight is 311 g/mol. The Kier molecular flexibility index (Phi) is 5.24. The van der Waals surface area contributed by atoms with Gasteiger partial charge in [-0.2, -0.15) is 0 Å². The smallest absolute Gasteiger partial charge is 0.217 e. The highest BCUT2D eigenvalue weighted by atomic mass is 35.5. The van der Waals surface area contributed by atoms with Crippen LogP contribution in [0.25, 0.3) is 0 Å². The summed E-state index contributed by atoms with van der Waals surface area (Å²) < 4.78 is 5.23. The zero-order chi connectivity index (χ0) is 14.5. The number of pyridine rings is 1. The molecule has 1 heterocycles. The van der Waals surface area contributed by atoms with E-state index in [1.165, 1.54) is 0 Å². The van der Waals surface area contributed by atoms with Crippen molar-refractivity contribution in [1.29, 1.82) is 0 Å². The molecule has 0 bridgehead atoms. The van der Waals surface area contributed by atoms with Gasteiger partial charge in [0, 0.05) is 34.4 Å². The maximum absolute atomic E-state index is 6.20. The maximum Gasteiger partial charge on any atom is 0.217 e. The Morgan fingerprint density at radius 2 is 2.10 bits per heavy atom. The Morgan fingerprint density at radius 1 is 1.30 bits per heavy atom.